The molecule has 0 radical (unpaired) electrons. The molecule has 3 rings (SSSR count). The van der Waals surface area contributed by atoms with Gasteiger partial charge < -0.3 is 14.8 Å². The topological polar surface area (TPSA) is 85.9 Å². The molecule has 0 aliphatic carbocycles. The molecule has 0 aromatic heterocycles. The Labute approximate surface area is 163 Å². The van der Waals surface area contributed by atoms with Gasteiger partial charge in [-0.1, -0.05) is 24.3 Å². The van der Waals surface area contributed by atoms with E-state index < -0.39 is 0 Å². The van der Waals surface area contributed by atoms with Crippen LogP contribution in [0.5, 0.6) is 11.5 Å². The standard InChI is InChI=1S/C21H24N2O5/c1-4-28-18-11-13(9-10-17(18)26-2)16(12-19(24)23-27-3)20-14-7-5-6-8-15(14)21(25)22-20/h5-11,16,20H,4,12H2,1-3H3,(H,22,25)(H,23,24). The summed E-state index contributed by atoms with van der Waals surface area (Å²) in [5, 5.41) is 3.01. The molecule has 0 spiro atoms. The Morgan fingerprint density at radius 2 is 1.96 bits per heavy atom. The molecule has 2 aromatic rings. The molecule has 7 nitrogen and oxygen atoms in total. The predicted molar refractivity (Wildman–Crippen MR) is 103 cm³/mol. The maximum Gasteiger partial charge on any atom is 0.252 e. The second-order valence-corrected chi connectivity index (χ2v) is 6.42. The SMILES string of the molecule is CCOc1cc(C(CC(=O)NOC)C2NC(=O)c3ccccc32)ccc1OC. The highest BCUT2D eigenvalue weighted by molar-refractivity contribution is 5.99. The first-order chi connectivity index (χ1) is 13.6. The van der Waals surface area contributed by atoms with Gasteiger partial charge in [0.25, 0.3) is 5.91 Å². The van der Waals surface area contributed by atoms with Crippen LogP contribution in [0.15, 0.2) is 42.5 Å². The summed E-state index contributed by atoms with van der Waals surface area (Å²) in [6.45, 7) is 2.38. The van der Waals surface area contributed by atoms with Gasteiger partial charge in [0.15, 0.2) is 11.5 Å². The van der Waals surface area contributed by atoms with Crippen molar-refractivity contribution in [2.24, 2.45) is 0 Å². The number of rotatable bonds is 8. The van der Waals surface area contributed by atoms with Crippen LogP contribution in [0, 0.1) is 0 Å². The zero-order valence-electron chi connectivity index (χ0n) is 16.2. The lowest BCUT2D eigenvalue weighted by molar-refractivity contribution is -0.131. The summed E-state index contributed by atoms with van der Waals surface area (Å²) in [6, 6.07) is 12.6. The third-order valence-corrected chi connectivity index (χ3v) is 4.77. The van der Waals surface area contributed by atoms with Crippen LogP contribution >= 0.6 is 0 Å². The Morgan fingerprint density at radius 1 is 1.18 bits per heavy atom. The number of benzene rings is 2. The molecular formula is C21H24N2O5. The number of hydrogen-bond acceptors (Lipinski definition) is 5. The molecule has 2 atom stereocenters. The second-order valence-electron chi connectivity index (χ2n) is 6.42. The van der Waals surface area contributed by atoms with E-state index in [2.05, 4.69) is 10.8 Å². The number of nitrogens with one attached hydrogen (secondary N) is 2. The molecule has 1 aliphatic heterocycles. The van der Waals surface area contributed by atoms with Gasteiger partial charge in [-0.25, -0.2) is 5.48 Å². The Kier molecular flexibility index (Phi) is 6.16. The third kappa shape index (κ3) is 3.94. The van der Waals surface area contributed by atoms with Crippen LogP contribution in [0.3, 0.4) is 0 Å². The van der Waals surface area contributed by atoms with E-state index >= 15 is 0 Å². The number of fused-ring (bicyclic) bond motifs is 1. The Balaban J connectivity index is 2.02. The number of methoxy groups -OCH3 is 1. The number of carbonyl (C=O) groups is 2. The number of carbonyl (C=O) groups excluding carboxylic acids is 2. The zero-order valence-corrected chi connectivity index (χ0v) is 16.2. The van der Waals surface area contributed by atoms with E-state index in [1.165, 1.54) is 7.11 Å². The summed E-state index contributed by atoms with van der Waals surface area (Å²) in [7, 11) is 2.97. The maximum absolute atomic E-state index is 12.4. The molecule has 7 heteroatoms. The fraction of sp³-hybridized carbons (Fsp3) is 0.333. The lowest BCUT2D eigenvalue weighted by Crippen LogP contribution is -2.30. The minimum atomic E-state index is -0.339. The Morgan fingerprint density at radius 3 is 2.68 bits per heavy atom. The number of hydroxylamine groups is 1. The lowest BCUT2D eigenvalue weighted by atomic mass is 9.84. The Bertz CT molecular complexity index is 868. The molecule has 2 unspecified atom stereocenters. The highest BCUT2D eigenvalue weighted by Gasteiger charge is 2.36. The van der Waals surface area contributed by atoms with Crippen molar-refractivity contribution in [1.29, 1.82) is 0 Å². The highest BCUT2D eigenvalue weighted by Crippen LogP contribution is 2.41. The summed E-state index contributed by atoms with van der Waals surface area (Å²) in [4.78, 5) is 29.5. The van der Waals surface area contributed by atoms with Crippen molar-refractivity contribution < 1.29 is 23.9 Å². The summed E-state index contributed by atoms with van der Waals surface area (Å²) in [6.07, 6.45) is 0.130. The van der Waals surface area contributed by atoms with E-state index in [4.69, 9.17) is 14.3 Å². The largest absolute Gasteiger partial charge is 0.493 e. The third-order valence-electron chi connectivity index (χ3n) is 4.77. The number of ether oxygens (including phenoxy) is 2. The van der Waals surface area contributed by atoms with Gasteiger partial charge in [-0.2, -0.15) is 0 Å². The second kappa shape index (κ2) is 8.75. The molecule has 148 valence electrons. The van der Waals surface area contributed by atoms with E-state index in [1.54, 1.807) is 13.2 Å². The van der Waals surface area contributed by atoms with Crippen molar-refractivity contribution in [2.75, 3.05) is 20.8 Å². The first kappa shape index (κ1) is 19.7. The van der Waals surface area contributed by atoms with Crippen LogP contribution in [-0.4, -0.2) is 32.6 Å². The molecule has 1 aliphatic rings. The van der Waals surface area contributed by atoms with Gasteiger partial charge in [-0.15, -0.1) is 0 Å². The predicted octanol–water partition coefficient (Wildman–Crippen LogP) is 2.73. The van der Waals surface area contributed by atoms with Gasteiger partial charge in [0.2, 0.25) is 5.91 Å². The van der Waals surface area contributed by atoms with Gasteiger partial charge in [0.1, 0.15) is 0 Å². The van der Waals surface area contributed by atoms with Crippen LogP contribution in [-0.2, 0) is 9.63 Å². The summed E-state index contributed by atoms with van der Waals surface area (Å²) in [5.41, 5.74) is 4.72. The van der Waals surface area contributed by atoms with E-state index in [-0.39, 0.29) is 30.2 Å². The molecule has 2 aromatic carbocycles. The highest BCUT2D eigenvalue weighted by atomic mass is 16.6. The van der Waals surface area contributed by atoms with Crippen molar-refractivity contribution in [2.45, 2.75) is 25.3 Å². The average Bonchev–Trinajstić information content (AvgIpc) is 3.03. The van der Waals surface area contributed by atoms with Crippen LogP contribution in [0.1, 0.15) is 46.8 Å². The van der Waals surface area contributed by atoms with Crippen molar-refractivity contribution in [3.63, 3.8) is 0 Å². The van der Waals surface area contributed by atoms with Crippen LogP contribution < -0.4 is 20.3 Å². The molecule has 0 saturated heterocycles. The lowest BCUT2D eigenvalue weighted by Gasteiger charge is -2.25. The van der Waals surface area contributed by atoms with Crippen LogP contribution in [0.2, 0.25) is 0 Å². The Hall–Kier alpha value is -3.06. The fourth-order valence-electron chi connectivity index (χ4n) is 3.56. The van der Waals surface area contributed by atoms with Gasteiger partial charge in [-0.3, -0.25) is 14.4 Å². The minimum Gasteiger partial charge on any atom is -0.493 e. The van der Waals surface area contributed by atoms with E-state index in [0.29, 0.717) is 23.7 Å². The number of hydrogen-bond donors (Lipinski definition) is 2. The smallest absolute Gasteiger partial charge is 0.252 e. The number of amides is 2. The van der Waals surface area contributed by atoms with Gasteiger partial charge in [0.05, 0.1) is 26.9 Å². The van der Waals surface area contributed by atoms with Crippen molar-refractivity contribution in [3.8, 4) is 11.5 Å². The molecule has 0 fully saturated rings. The first-order valence-electron chi connectivity index (χ1n) is 9.11. The van der Waals surface area contributed by atoms with Crippen LogP contribution in [0.4, 0.5) is 0 Å². The van der Waals surface area contributed by atoms with Gasteiger partial charge in [0, 0.05) is 17.9 Å². The van der Waals surface area contributed by atoms with Gasteiger partial charge in [-0.05, 0) is 36.2 Å². The van der Waals surface area contributed by atoms with Crippen LogP contribution in [0.25, 0.3) is 0 Å². The summed E-state index contributed by atoms with van der Waals surface area (Å²) >= 11 is 0. The molecule has 0 bridgehead atoms. The van der Waals surface area contributed by atoms with E-state index in [0.717, 1.165) is 11.1 Å². The summed E-state index contributed by atoms with van der Waals surface area (Å²) < 4.78 is 11.0. The molecule has 0 saturated carbocycles. The van der Waals surface area contributed by atoms with Gasteiger partial charge >= 0.3 is 0 Å². The first-order valence-corrected chi connectivity index (χ1v) is 9.11. The fourth-order valence-corrected chi connectivity index (χ4v) is 3.56. The van der Waals surface area contributed by atoms with Crippen molar-refractivity contribution in [3.05, 3.63) is 59.2 Å². The average molecular weight is 384 g/mol. The van der Waals surface area contributed by atoms with Crippen molar-refractivity contribution in [1.82, 2.24) is 10.8 Å². The monoisotopic (exact) mass is 384 g/mol. The molecule has 2 amide bonds. The van der Waals surface area contributed by atoms with E-state index in [9.17, 15) is 9.59 Å². The quantitative estimate of drug-likeness (QED) is 0.684. The molecule has 28 heavy (non-hydrogen) atoms. The minimum absolute atomic E-state index is 0.130. The maximum atomic E-state index is 12.4. The van der Waals surface area contributed by atoms with E-state index in [1.807, 2.05) is 43.3 Å². The summed E-state index contributed by atoms with van der Waals surface area (Å²) in [5.74, 6) is 0.475. The zero-order chi connectivity index (χ0) is 20.1. The molecular weight excluding hydrogens is 360 g/mol. The van der Waals surface area contributed by atoms with Crippen molar-refractivity contribution >= 4 is 11.8 Å². The molecule has 2 N–H and O–H groups in total. The molecule has 1 heterocycles. The normalized spacial score (nSPS) is 16.1.